The molecule has 1 fully saturated rings. The number of allylic oxidation sites excluding steroid dienone is 1. The molecular formula is C14H12O2. The molecule has 1 aromatic carbocycles. The van der Waals surface area contributed by atoms with Gasteiger partial charge >= 0.3 is 0 Å². The summed E-state index contributed by atoms with van der Waals surface area (Å²) in [5, 5.41) is 0. The van der Waals surface area contributed by atoms with E-state index in [9.17, 15) is 9.59 Å². The first kappa shape index (κ1) is 9.52. The Labute approximate surface area is 94.0 Å². The maximum absolute atomic E-state index is 12.1. The average Bonchev–Trinajstić information content (AvgIpc) is 2.68. The Hall–Kier alpha value is -1.70. The summed E-state index contributed by atoms with van der Waals surface area (Å²) < 4.78 is 0. The van der Waals surface area contributed by atoms with Crippen molar-refractivity contribution in [1.82, 2.24) is 0 Å². The van der Waals surface area contributed by atoms with Gasteiger partial charge in [0, 0.05) is 12.8 Å². The van der Waals surface area contributed by atoms with Crippen molar-refractivity contribution in [2.24, 2.45) is 0 Å². The standard InChI is InChI=1S/C14H12O2/c15-11-7-8-14(9-11)12-4-2-1-3-10(12)5-6-13(14)16/h1-6H,7-9H2. The van der Waals surface area contributed by atoms with Crippen LogP contribution >= 0.6 is 0 Å². The minimum absolute atomic E-state index is 0.0945. The number of benzene rings is 1. The van der Waals surface area contributed by atoms with Gasteiger partial charge in [-0.2, -0.15) is 0 Å². The predicted octanol–water partition coefficient (Wildman–Crippen LogP) is 2.27. The molecule has 0 heterocycles. The van der Waals surface area contributed by atoms with Gasteiger partial charge in [-0.3, -0.25) is 9.59 Å². The summed E-state index contributed by atoms with van der Waals surface area (Å²) in [5.74, 6) is 0.301. The summed E-state index contributed by atoms with van der Waals surface area (Å²) in [6.07, 6.45) is 5.07. The van der Waals surface area contributed by atoms with E-state index in [0.717, 1.165) is 11.1 Å². The fraction of sp³-hybridized carbons (Fsp3) is 0.286. The molecule has 3 rings (SSSR count). The molecule has 1 unspecified atom stereocenters. The molecule has 16 heavy (non-hydrogen) atoms. The van der Waals surface area contributed by atoms with Crippen LogP contribution in [-0.2, 0) is 15.0 Å². The van der Waals surface area contributed by atoms with E-state index in [0.29, 0.717) is 19.3 Å². The zero-order valence-electron chi connectivity index (χ0n) is 8.90. The third-order valence-electron chi connectivity index (χ3n) is 3.69. The summed E-state index contributed by atoms with van der Waals surface area (Å²) in [6.45, 7) is 0. The van der Waals surface area contributed by atoms with Crippen molar-refractivity contribution in [1.29, 1.82) is 0 Å². The molecule has 0 amide bonds. The molecule has 1 saturated carbocycles. The first-order chi connectivity index (χ1) is 7.72. The lowest BCUT2D eigenvalue weighted by atomic mass is 9.70. The molecule has 2 aliphatic carbocycles. The molecule has 0 bridgehead atoms. The van der Waals surface area contributed by atoms with Crippen LogP contribution in [0.15, 0.2) is 30.3 Å². The molecule has 0 radical (unpaired) electrons. The quantitative estimate of drug-likeness (QED) is 0.661. The van der Waals surface area contributed by atoms with Crippen LogP contribution in [0.5, 0.6) is 0 Å². The van der Waals surface area contributed by atoms with Gasteiger partial charge in [0.1, 0.15) is 5.78 Å². The maximum Gasteiger partial charge on any atom is 0.166 e. The smallest absolute Gasteiger partial charge is 0.166 e. The molecular weight excluding hydrogens is 200 g/mol. The Morgan fingerprint density at radius 3 is 2.62 bits per heavy atom. The number of hydrogen-bond acceptors (Lipinski definition) is 2. The van der Waals surface area contributed by atoms with Crippen LogP contribution in [0, 0.1) is 0 Å². The Kier molecular flexibility index (Phi) is 1.87. The third kappa shape index (κ3) is 1.13. The van der Waals surface area contributed by atoms with Gasteiger partial charge in [-0.25, -0.2) is 0 Å². The molecule has 1 aromatic rings. The van der Waals surface area contributed by atoms with Crippen molar-refractivity contribution < 1.29 is 9.59 Å². The molecule has 80 valence electrons. The highest BCUT2D eigenvalue weighted by atomic mass is 16.1. The topological polar surface area (TPSA) is 34.1 Å². The minimum Gasteiger partial charge on any atom is -0.300 e. The van der Waals surface area contributed by atoms with Crippen LogP contribution in [0.1, 0.15) is 30.4 Å². The summed E-state index contributed by atoms with van der Waals surface area (Å²) in [5.41, 5.74) is 1.58. The number of rotatable bonds is 0. The SMILES string of the molecule is O=C1CCC2(C1)C(=O)C=Cc1ccccc12. The van der Waals surface area contributed by atoms with E-state index < -0.39 is 5.41 Å². The third-order valence-corrected chi connectivity index (χ3v) is 3.69. The van der Waals surface area contributed by atoms with Crippen LogP contribution < -0.4 is 0 Å². The van der Waals surface area contributed by atoms with Gasteiger partial charge in [-0.1, -0.05) is 30.3 Å². The zero-order chi connectivity index (χ0) is 11.2. The summed E-state index contributed by atoms with van der Waals surface area (Å²) in [4.78, 5) is 23.6. The molecule has 1 spiro atoms. The van der Waals surface area contributed by atoms with Gasteiger partial charge in [-0.05, 0) is 23.6 Å². The molecule has 0 saturated heterocycles. The van der Waals surface area contributed by atoms with Crippen molar-refractivity contribution in [2.45, 2.75) is 24.7 Å². The lowest BCUT2D eigenvalue weighted by Gasteiger charge is -2.30. The fourth-order valence-electron chi connectivity index (χ4n) is 2.84. The lowest BCUT2D eigenvalue weighted by Crippen LogP contribution is -2.34. The monoisotopic (exact) mass is 212 g/mol. The first-order valence-corrected chi connectivity index (χ1v) is 5.56. The zero-order valence-corrected chi connectivity index (χ0v) is 8.90. The van der Waals surface area contributed by atoms with Gasteiger partial charge in [0.15, 0.2) is 5.78 Å². The van der Waals surface area contributed by atoms with Gasteiger partial charge in [0.05, 0.1) is 5.41 Å². The Morgan fingerprint density at radius 1 is 1.06 bits per heavy atom. The minimum atomic E-state index is -0.539. The number of carbonyl (C=O) groups is 2. The van der Waals surface area contributed by atoms with E-state index in [1.807, 2.05) is 30.3 Å². The fourth-order valence-corrected chi connectivity index (χ4v) is 2.84. The van der Waals surface area contributed by atoms with E-state index in [-0.39, 0.29) is 11.6 Å². The summed E-state index contributed by atoms with van der Waals surface area (Å²) >= 11 is 0. The molecule has 2 aliphatic rings. The predicted molar refractivity (Wildman–Crippen MR) is 61.0 cm³/mol. The Balaban J connectivity index is 2.21. The average molecular weight is 212 g/mol. The van der Waals surface area contributed by atoms with Crippen molar-refractivity contribution in [3.8, 4) is 0 Å². The van der Waals surface area contributed by atoms with Crippen LogP contribution in [0.4, 0.5) is 0 Å². The first-order valence-electron chi connectivity index (χ1n) is 5.56. The van der Waals surface area contributed by atoms with Crippen molar-refractivity contribution >= 4 is 17.6 Å². The Morgan fingerprint density at radius 2 is 1.88 bits per heavy atom. The van der Waals surface area contributed by atoms with Crippen molar-refractivity contribution in [3.05, 3.63) is 41.5 Å². The van der Waals surface area contributed by atoms with Gasteiger partial charge in [0.2, 0.25) is 0 Å². The molecule has 2 heteroatoms. The highest BCUT2D eigenvalue weighted by molar-refractivity contribution is 6.09. The molecule has 0 aromatic heterocycles. The van der Waals surface area contributed by atoms with Crippen LogP contribution in [0.25, 0.3) is 6.08 Å². The van der Waals surface area contributed by atoms with Crippen LogP contribution in [0.2, 0.25) is 0 Å². The summed E-state index contributed by atoms with van der Waals surface area (Å²) in [7, 11) is 0. The highest BCUT2D eigenvalue weighted by Crippen LogP contribution is 2.44. The summed E-state index contributed by atoms with van der Waals surface area (Å²) in [6, 6.07) is 7.89. The van der Waals surface area contributed by atoms with Gasteiger partial charge < -0.3 is 0 Å². The number of fused-ring (bicyclic) bond motifs is 2. The van der Waals surface area contributed by atoms with E-state index >= 15 is 0 Å². The second kappa shape index (κ2) is 3.14. The number of carbonyl (C=O) groups excluding carboxylic acids is 2. The van der Waals surface area contributed by atoms with E-state index in [1.165, 1.54) is 0 Å². The molecule has 2 nitrogen and oxygen atoms in total. The maximum atomic E-state index is 12.1. The number of ketones is 2. The largest absolute Gasteiger partial charge is 0.300 e. The Bertz CT molecular complexity index is 513. The molecule has 0 aliphatic heterocycles. The van der Waals surface area contributed by atoms with E-state index in [1.54, 1.807) is 6.08 Å². The van der Waals surface area contributed by atoms with Gasteiger partial charge in [0.25, 0.3) is 0 Å². The van der Waals surface area contributed by atoms with E-state index in [2.05, 4.69) is 0 Å². The second-order valence-electron chi connectivity index (χ2n) is 4.58. The van der Waals surface area contributed by atoms with E-state index in [4.69, 9.17) is 0 Å². The second-order valence-corrected chi connectivity index (χ2v) is 4.58. The van der Waals surface area contributed by atoms with Crippen molar-refractivity contribution in [2.75, 3.05) is 0 Å². The number of Topliss-reactive ketones (excluding diaryl/α,β-unsaturated/α-hetero) is 1. The molecule has 1 atom stereocenters. The van der Waals surface area contributed by atoms with Crippen molar-refractivity contribution in [3.63, 3.8) is 0 Å². The normalized spacial score (nSPS) is 27.5. The molecule has 0 N–H and O–H groups in total. The van der Waals surface area contributed by atoms with Crippen LogP contribution in [-0.4, -0.2) is 11.6 Å². The highest BCUT2D eigenvalue weighted by Gasteiger charge is 2.46. The number of hydrogen-bond donors (Lipinski definition) is 0. The van der Waals surface area contributed by atoms with Crippen LogP contribution in [0.3, 0.4) is 0 Å². The van der Waals surface area contributed by atoms with Gasteiger partial charge in [-0.15, -0.1) is 0 Å². The lowest BCUT2D eigenvalue weighted by molar-refractivity contribution is -0.123.